The van der Waals surface area contributed by atoms with E-state index in [1.165, 1.54) is 12.1 Å². The van der Waals surface area contributed by atoms with Crippen LogP contribution >= 0.6 is 0 Å². The van der Waals surface area contributed by atoms with Crippen molar-refractivity contribution in [3.63, 3.8) is 0 Å². The Balaban J connectivity index is 1.30. The van der Waals surface area contributed by atoms with Gasteiger partial charge in [0.2, 0.25) is 5.91 Å². The van der Waals surface area contributed by atoms with Crippen molar-refractivity contribution in [3.8, 4) is 11.4 Å². The molecule has 0 unspecified atom stereocenters. The number of aromatic nitrogens is 3. The third-order valence-electron chi connectivity index (χ3n) is 6.10. The van der Waals surface area contributed by atoms with Crippen molar-refractivity contribution in [1.29, 1.82) is 0 Å². The molecule has 3 aromatic rings. The number of urea groups is 1. The van der Waals surface area contributed by atoms with Gasteiger partial charge in [0.15, 0.2) is 5.82 Å². The zero-order chi connectivity index (χ0) is 22.1. The Morgan fingerprint density at radius 1 is 1.06 bits per heavy atom. The molecule has 0 aliphatic carbocycles. The van der Waals surface area contributed by atoms with E-state index in [1.54, 1.807) is 21.7 Å². The summed E-state index contributed by atoms with van der Waals surface area (Å²) in [7, 11) is 0. The molecule has 1 saturated heterocycles. The summed E-state index contributed by atoms with van der Waals surface area (Å²) in [5.74, 6) is 0.773. The van der Waals surface area contributed by atoms with Gasteiger partial charge in [-0.3, -0.25) is 4.79 Å². The number of carbonyl (C=O) groups excluding carboxylic acids is 2. The van der Waals surface area contributed by atoms with E-state index in [4.69, 9.17) is 4.98 Å². The molecular formula is C23H23FN6O2. The number of hydrogen-bond donors (Lipinski definition) is 2. The van der Waals surface area contributed by atoms with Crippen LogP contribution in [0.5, 0.6) is 0 Å². The fourth-order valence-electron chi connectivity index (χ4n) is 4.36. The standard InChI is InChI=1S/C23H23FN6O2/c24-17-8-4-5-9-18(17)25-22(32)29-12-10-23(11-13-29)14-19-26-21(16-6-2-1-3-7-16)28-30(19)15-20(31)27-23/h1-9H,10-15H2,(H,25,32)(H,27,31). The summed E-state index contributed by atoms with van der Waals surface area (Å²) in [5, 5.41) is 10.3. The van der Waals surface area contributed by atoms with Crippen LogP contribution in [0.3, 0.4) is 0 Å². The summed E-state index contributed by atoms with van der Waals surface area (Å²) in [6.45, 7) is 1.01. The average molecular weight is 434 g/mol. The van der Waals surface area contributed by atoms with E-state index < -0.39 is 11.4 Å². The zero-order valence-corrected chi connectivity index (χ0v) is 17.4. The van der Waals surface area contributed by atoms with Gasteiger partial charge in [-0.1, -0.05) is 42.5 Å². The summed E-state index contributed by atoms with van der Waals surface area (Å²) in [5.41, 5.74) is 0.574. The largest absolute Gasteiger partial charge is 0.348 e. The summed E-state index contributed by atoms with van der Waals surface area (Å²) in [6, 6.07) is 15.4. The smallest absolute Gasteiger partial charge is 0.321 e. The summed E-state index contributed by atoms with van der Waals surface area (Å²) in [4.78, 5) is 31.6. The molecule has 32 heavy (non-hydrogen) atoms. The van der Waals surface area contributed by atoms with E-state index in [-0.39, 0.29) is 24.2 Å². The first kappa shape index (κ1) is 20.2. The quantitative estimate of drug-likeness (QED) is 0.649. The van der Waals surface area contributed by atoms with Gasteiger partial charge in [0.1, 0.15) is 18.2 Å². The van der Waals surface area contributed by atoms with Gasteiger partial charge in [0.05, 0.1) is 11.2 Å². The molecule has 164 valence electrons. The predicted octanol–water partition coefficient (Wildman–Crippen LogP) is 2.82. The van der Waals surface area contributed by atoms with Crippen molar-refractivity contribution < 1.29 is 14.0 Å². The van der Waals surface area contributed by atoms with Crippen LogP contribution in [0.25, 0.3) is 11.4 Å². The molecule has 2 aliphatic rings. The van der Waals surface area contributed by atoms with Crippen LogP contribution in [0.15, 0.2) is 54.6 Å². The molecule has 2 aliphatic heterocycles. The number of fused-ring (bicyclic) bond motifs is 1. The lowest BCUT2D eigenvalue weighted by Gasteiger charge is -2.41. The van der Waals surface area contributed by atoms with Gasteiger partial charge in [0.25, 0.3) is 0 Å². The Morgan fingerprint density at radius 2 is 1.78 bits per heavy atom. The SMILES string of the molecule is O=C1Cn2nc(-c3ccccc3)nc2CC2(CCN(C(=O)Nc3ccccc3F)CC2)N1. The monoisotopic (exact) mass is 434 g/mol. The molecule has 2 N–H and O–H groups in total. The van der Waals surface area contributed by atoms with Crippen LogP contribution in [0.2, 0.25) is 0 Å². The second-order valence-corrected chi connectivity index (χ2v) is 8.28. The highest BCUT2D eigenvalue weighted by atomic mass is 19.1. The van der Waals surface area contributed by atoms with E-state index in [0.29, 0.717) is 38.2 Å². The second-order valence-electron chi connectivity index (χ2n) is 8.28. The van der Waals surface area contributed by atoms with E-state index in [0.717, 1.165) is 11.4 Å². The number of hydrogen-bond acceptors (Lipinski definition) is 4. The number of piperidine rings is 1. The molecule has 1 spiro atoms. The topological polar surface area (TPSA) is 92.2 Å². The first-order valence-electron chi connectivity index (χ1n) is 10.6. The summed E-state index contributed by atoms with van der Waals surface area (Å²) >= 11 is 0. The minimum Gasteiger partial charge on any atom is -0.348 e. The number of halogens is 1. The number of benzene rings is 2. The summed E-state index contributed by atoms with van der Waals surface area (Å²) in [6.07, 6.45) is 1.70. The molecule has 0 bridgehead atoms. The molecular weight excluding hydrogens is 411 g/mol. The first-order chi connectivity index (χ1) is 15.5. The van der Waals surface area contributed by atoms with Gasteiger partial charge < -0.3 is 15.5 Å². The number of anilines is 1. The number of amides is 3. The molecule has 0 radical (unpaired) electrons. The summed E-state index contributed by atoms with van der Waals surface area (Å²) < 4.78 is 15.5. The van der Waals surface area contributed by atoms with Crippen molar-refractivity contribution in [3.05, 3.63) is 66.2 Å². The van der Waals surface area contributed by atoms with Crippen molar-refractivity contribution in [2.24, 2.45) is 0 Å². The maximum Gasteiger partial charge on any atom is 0.321 e. The van der Waals surface area contributed by atoms with Crippen molar-refractivity contribution in [1.82, 2.24) is 25.0 Å². The maximum atomic E-state index is 13.9. The van der Waals surface area contributed by atoms with Crippen LogP contribution in [0, 0.1) is 5.82 Å². The number of para-hydroxylation sites is 1. The van der Waals surface area contributed by atoms with Crippen LogP contribution in [-0.4, -0.2) is 50.2 Å². The minimum absolute atomic E-state index is 0.113. The van der Waals surface area contributed by atoms with Crippen molar-refractivity contribution in [2.75, 3.05) is 18.4 Å². The number of nitrogens with zero attached hydrogens (tertiary/aromatic N) is 4. The van der Waals surface area contributed by atoms with Gasteiger partial charge in [-0.2, -0.15) is 5.10 Å². The average Bonchev–Trinajstić information content (AvgIpc) is 3.12. The molecule has 0 saturated carbocycles. The van der Waals surface area contributed by atoms with E-state index >= 15 is 0 Å². The molecule has 9 heteroatoms. The Hall–Kier alpha value is -3.75. The highest BCUT2D eigenvalue weighted by Crippen LogP contribution is 2.29. The van der Waals surface area contributed by atoms with Gasteiger partial charge in [-0.05, 0) is 25.0 Å². The van der Waals surface area contributed by atoms with Gasteiger partial charge in [-0.25, -0.2) is 18.9 Å². The third kappa shape index (κ3) is 3.93. The highest BCUT2D eigenvalue weighted by molar-refractivity contribution is 5.89. The molecule has 0 atom stereocenters. The molecule has 3 amide bonds. The molecule has 1 fully saturated rings. The van der Waals surface area contributed by atoms with Gasteiger partial charge in [0, 0.05) is 25.1 Å². The molecule has 3 heterocycles. The normalized spacial score (nSPS) is 17.4. The number of carbonyl (C=O) groups is 2. The lowest BCUT2D eigenvalue weighted by atomic mass is 9.84. The van der Waals surface area contributed by atoms with Crippen LogP contribution in [-0.2, 0) is 17.8 Å². The Labute approximate surface area is 184 Å². The van der Waals surface area contributed by atoms with Crippen molar-refractivity contribution >= 4 is 17.6 Å². The number of rotatable bonds is 2. The van der Waals surface area contributed by atoms with Crippen molar-refractivity contribution in [2.45, 2.75) is 31.3 Å². The Kier molecular flexibility index (Phi) is 5.08. The second kappa shape index (κ2) is 8.07. The molecule has 2 aromatic carbocycles. The molecule has 1 aromatic heterocycles. The number of likely N-dealkylation sites (tertiary alicyclic amines) is 1. The Bertz CT molecular complexity index is 1150. The predicted molar refractivity (Wildman–Crippen MR) is 116 cm³/mol. The van der Waals surface area contributed by atoms with Crippen LogP contribution in [0.4, 0.5) is 14.9 Å². The van der Waals surface area contributed by atoms with E-state index in [1.807, 2.05) is 30.3 Å². The van der Waals surface area contributed by atoms with Gasteiger partial charge in [-0.15, -0.1) is 0 Å². The molecule has 8 nitrogen and oxygen atoms in total. The number of nitrogens with one attached hydrogen (secondary N) is 2. The Morgan fingerprint density at radius 3 is 2.53 bits per heavy atom. The highest BCUT2D eigenvalue weighted by Gasteiger charge is 2.40. The lowest BCUT2D eigenvalue weighted by Crippen LogP contribution is -2.57. The van der Waals surface area contributed by atoms with Crippen LogP contribution < -0.4 is 10.6 Å². The first-order valence-corrected chi connectivity index (χ1v) is 10.6. The van der Waals surface area contributed by atoms with E-state index in [9.17, 15) is 14.0 Å². The van der Waals surface area contributed by atoms with Crippen LogP contribution in [0.1, 0.15) is 18.7 Å². The lowest BCUT2D eigenvalue weighted by molar-refractivity contribution is -0.123. The fourth-order valence-corrected chi connectivity index (χ4v) is 4.36. The fraction of sp³-hybridized carbons (Fsp3) is 0.304. The van der Waals surface area contributed by atoms with E-state index in [2.05, 4.69) is 15.7 Å². The van der Waals surface area contributed by atoms with Gasteiger partial charge >= 0.3 is 6.03 Å². The maximum absolute atomic E-state index is 13.9. The molecule has 5 rings (SSSR count). The minimum atomic E-state index is -0.485. The zero-order valence-electron chi connectivity index (χ0n) is 17.4. The third-order valence-corrected chi connectivity index (χ3v) is 6.10.